The Hall–Kier alpha value is -1.92. The van der Waals surface area contributed by atoms with E-state index in [1.807, 2.05) is 0 Å². The lowest BCUT2D eigenvalue weighted by molar-refractivity contribution is -0.121. The maximum absolute atomic E-state index is 13.5. The third-order valence-electron chi connectivity index (χ3n) is 3.38. The Morgan fingerprint density at radius 1 is 1.50 bits per heavy atom. The zero-order valence-corrected chi connectivity index (χ0v) is 12.9. The molecule has 1 amide bonds. The predicted octanol–water partition coefficient (Wildman–Crippen LogP) is 2.48. The Kier molecular flexibility index (Phi) is 5.15. The Balaban J connectivity index is 2.09. The van der Waals surface area contributed by atoms with Gasteiger partial charge in [-0.1, -0.05) is 22.8 Å². The van der Waals surface area contributed by atoms with E-state index in [-0.39, 0.29) is 24.0 Å². The predicted molar refractivity (Wildman–Crippen MR) is 79.1 cm³/mol. The number of carbonyl (C=O) groups excluding carboxylic acids is 1. The minimum Gasteiger partial charge on any atom is -0.394 e. The van der Waals surface area contributed by atoms with E-state index in [2.05, 4.69) is 10.5 Å². The molecule has 118 valence electrons. The molecule has 0 saturated heterocycles. The Bertz CT molecular complexity index is 668. The smallest absolute Gasteiger partial charge is 0.225 e. The number of aliphatic hydroxyl groups is 1. The van der Waals surface area contributed by atoms with Gasteiger partial charge in [-0.15, -0.1) is 0 Å². The van der Waals surface area contributed by atoms with E-state index >= 15 is 0 Å². The molecule has 1 heterocycles. The Labute approximate surface area is 132 Å². The van der Waals surface area contributed by atoms with Crippen LogP contribution in [0.15, 0.2) is 22.7 Å². The van der Waals surface area contributed by atoms with Crippen molar-refractivity contribution in [3.8, 4) is 0 Å². The summed E-state index contributed by atoms with van der Waals surface area (Å²) in [5.41, 5.74) is 1.79. The first-order valence-corrected chi connectivity index (χ1v) is 7.07. The molecule has 1 atom stereocenters. The largest absolute Gasteiger partial charge is 0.394 e. The number of aliphatic hydroxyl groups excluding tert-OH is 1. The summed E-state index contributed by atoms with van der Waals surface area (Å²) in [7, 11) is 0. The standard InChI is InChI=1S/C15H16ClFN2O3/c1-8-11(9(2)22-19-8)6-15(21)18-14(7-20)10-3-4-12(16)13(17)5-10/h3-5,14,20H,6-7H2,1-2H3,(H,18,21)/t14-/m1/s1. The Morgan fingerprint density at radius 3 is 2.77 bits per heavy atom. The minimum absolute atomic E-state index is 0.0116. The van der Waals surface area contributed by atoms with Crippen LogP contribution in [0.4, 0.5) is 4.39 Å². The molecule has 0 saturated carbocycles. The fraction of sp³-hybridized carbons (Fsp3) is 0.333. The first-order valence-electron chi connectivity index (χ1n) is 6.69. The van der Waals surface area contributed by atoms with Crippen LogP contribution in [-0.2, 0) is 11.2 Å². The minimum atomic E-state index is -0.709. The number of rotatable bonds is 5. The molecule has 2 rings (SSSR count). The number of nitrogens with zero attached hydrogens (tertiary/aromatic N) is 1. The summed E-state index contributed by atoms with van der Waals surface area (Å²) >= 11 is 5.62. The fourth-order valence-corrected chi connectivity index (χ4v) is 2.24. The van der Waals surface area contributed by atoms with E-state index in [4.69, 9.17) is 16.1 Å². The van der Waals surface area contributed by atoms with Crippen LogP contribution in [-0.4, -0.2) is 22.8 Å². The zero-order chi connectivity index (χ0) is 16.3. The fourth-order valence-electron chi connectivity index (χ4n) is 2.12. The van der Waals surface area contributed by atoms with Gasteiger partial charge in [0.1, 0.15) is 11.6 Å². The van der Waals surface area contributed by atoms with Crippen molar-refractivity contribution in [2.75, 3.05) is 6.61 Å². The number of benzene rings is 1. The maximum Gasteiger partial charge on any atom is 0.225 e. The SMILES string of the molecule is Cc1noc(C)c1CC(=O)N[C@H](CO)c1ccc(Cl)c(F)c1. The number of aromatic nitrogens is 1. The molecule has 0 spiro atoms. The molecule has 1 aromatic heterocycles. The molecular weight excluding hydrogens is 311 g/mol. The quantitative estimate of drug-likeness (QED) is 0.885. The van der Waals surface area contributed by atoms with Gasteiger partial charge < -0.3 is 14.9 Å². The van der Waals surface area contributed by atoms with E-state index in [1.165, 1.54) is 12.1 Å². The molecule has 0 aliphatic rings. The second-order valence-corrected chi connectivity index (χ2v) is 5.36. The van der Waals surface area contributed by atoms with E-state index < -0.39 is 11.9 Å². The summed E-state index contributed by atoms with van der Waals surface area (Å²) < 4.78 is 18.5. The first kappa shape index (κ1) is 16.5. The van der Waals surface area contributed by atoms with Crippen molar-refractivity contribution in [3.05, 3.63) is 51.6 Å². The van der Waals surface area contributed by atoms with Gasteiger partial charge in [0.05, 0.1) is 29.8 Å². The van der Waals surface area contributed by atoms with Crippen LogP contribution in [0.25, 0.3) is 0 Å². The highest BCUT2D eigenvalue weighted by Crippen LogP contribution is 2.20. The van der Waals surface area contributed by atoms with Crippen molar-refractivity contribution in [3.63, 3.8) is 0 Å². The second kappa shape index (κ2) is 6.89. The number of amides is 1. The van der Waals surface area contributed by atoms with E-state index in [0.717, 1.165) is 0 Å². The molecule has 2 N–H and O–H groups in total. The molecule has 7 heteroatoms. The molecule has 2 aromatic rings. The number of halogens is 2. The van der Waals surface area contributed by atoms with Crippen molar-refractivity contribution in [1.82, 2.24) is 10.5 Å². The van der Waals surface area contributed by atoms with Crippen LogP contribution in [0.2, 0.25) is 5.02 Å². The zero-order valence-electron chi connectivity index (χ0n) is 12.2. The lowest BCUT2D eigenvalue weighted by Gasteiger charge is -2.17. The van der Waals surface area contributed by atoms with Crippen LogP contribution >= 0.6 is 11.6 Å². The van der Waals surface area contributed by atoms with Crippen LogP contribution < -0.4 is 5.32 Å². The first-order chi connectivity index (χ1) is 10.4. The molecule has 0 fully saturated rings. The van der Waals surface area contributed by atoms with Gasteiger partial charge in [0.15, 0.2) is 0 Å². The third-order valence-corrected chi connectivity index (χ3v) is 3.69. The molecule has 1 aromatic carbocycles. The monoisotopic (exact) mass is 326 g/mol. The summed E-state index contributed by atoms with van der Waals surface area (Å²) in [6, 6.07) is 3.43. The Morgan fingerprint density at radius 2 is 2.23 bits per heavy atom. The van der Waals surface area contributed by atoms with Crippen molar-refractivity contribution in [2.24, 2.45) is 0 Å². The average Bonchev–Trinajstić information content (AvgIpc) is 2.79. The highest BCUT2D eigenvalue weighted by Gasteiger charge is 2.18. The summed E-state index contributed by atoms with van der Waals surface area (Å²) in [5, 5.41) is 15.8. The third kappa shape index (κ3) is 3.64. The number of aryl methyl sites for hydroxylation is 2. The van der Waals surface area contributed by atoms with Gasteiger partial charge in [-0.2, -0.15) is 0 Å². The number of hydrogen-bond acceptors (Lipinski definition) is 4. The lowest BCUT2D eigenvalue weighted by Crippen LogP contribution is -2.32. The van der Waals surface area contributed by atoms with E-state index in [1.54, 1.807) is 19.9 Å². The molecule has 0 aliphatic heterocycles. The molecule has 0 unspecified atom stereocenters. The molecular formula is C15H16ClFN2O3. The van der Waals surface area contributed by atoms with Gasteiger partial charge in [-0.3, -0.25) is 4.79 Å². The summed E-state index contributed by atoms with van der Waals surface area (Å²) in [6.45, 7) is 3.12. The number of nitrogens with one attached hydrogen (secondary N) is 1. The van der Waals surface area contributed by atoms with Gasteiger partial charge in [0, 0.05) is 5.56 Å². The number of carbonyl (C=O) groups is 1. The van der Waals surface area contributed by atoms with E-state index in [0.29, 0.717) is 22.6 Å². The van der Waals surface area contributed by atoms with Gasteiger partial charge >= 0.3 is 0 Å². The van der Waals surface area contributed by atoms with Crippen LogP contribution in [0.1, 0.15) is 28.6 Å². The highest BCUT2D eigenvalue weighted by molar-refractivity contribution is 6.30. The van der Waals surface area contributed by atoms with Crippen LogP contribution in [0, 0.1) is 19.7 Å². The maximum atomic E-state index is 13.5. The van der Waals surface area contributed by atoms with Gasteiger partial charge in [-0.25, -0.2) is 4.39 Å². The second-order valence-electron chi connectivity index (χ2n) is 4.96. The van der Waals surface area contributed by atoms with Crippen molar-refractivity contribution < 1.29 is 18.8 Å². The van der Waals surface area contributed by atoms with Crippen molar-refractivity contribution >= 4 is 17.5 Å². The molecule has 5 nitrogen and oxygen atoms in total. The van der Waals surface area contributed by atoms with Gasteiger partial charge in [-0.05, 0) is 31.5 Å². The summed E-state index contributed by atoms with van der Waals surface area (Å²) in [4.78, 5) is 12.1. The van der Waals surface area contributed by atoms with Gasteiger partial charge in [0.2, 0.25) is 5.91 Å². The molecule has 0 bridgehead atoms. The summed E-state index contributed by atoms with van der Waals surface area (Å²) in [6.07, 6.45) is 0.0771. The molecule has 22 heavy (non-hydrogen) atoms. The average molecular weight is 327 g/mol. The van der Waals surface area contributed by atoms with Crippen molar-refractivity contribution in [1.29, 1.82) is 0 Å². The molecule has 0 aliphatic carbocycles. The van der Waals surface area contributed by atoms with Crippen LogP contribution in [0.5, 0.6) is 0 Å². The highest BCUT2D eigenvalue weighted by atomic mass is 35.5. The topological polar surface area (TPSA) is 75.4 Å². The molecule has 0 radical (unpaired) electrons. The lowest BCUT2D eigenvalue weighted by atomic mass is 10.1. The van der Waals surface area contributed by atoms with E-state index in [9.17, 15) is 14.3 Å². The van der Waals surface area contributed by atoms with Crippen molar-refractivity contribution in [2.45, 2.75) is 26.3 Å². The van der Waals surface area contributed by atoms with Gasteiger partial charge in [0.25, 0.3) is 0 Å². The van der Waals surface area contributed by atoms with Crippen LogP contribution in [0.3, 0.4) is 0 Å². The number of hydrogen-bond donors (Lipinski definition) is 2. The normalized spacial score (nSPS) is 12.2. The summed E-state index contributed by atoms with van der Waals surface area (Å²) in [5.74, 6) is -0.341.